The molecule has 6 nitrogen and oxygen atoms in total. The van der Waals surface area contributed by atoms with E-state index < -0.39 is 39.7 Å². The summed E-state index contributed by atoms with van der Waals surface area (Å²) in [6.07, 6.45) is -4.64. The molecular formula is C7H4ClF3N2O4. The van der Waals surface area contributed by atoms with Gasteiger partial charge in [-0.2, -0.15) is 0 Å². The summed E-state index contributed by atoms with van der Waals surface area (Å²) in [6, 6.07) is 0. The van der Waals surface area contributed by atoms with Crippen LogP contribution >= 0.6 is 11.6 Å². The second-order valence-electron chi connectivity index (χ2n) is 2.75. The number of alkyl halides is 4. The van der Waals surface area contributed by atoms with Crippen molar-refractivity contribution in [3.63, 3.8) is 0 Å². The van der Waals surface area contributed by atoms with Crippen LogP contribution in [0.15, 0.2) is 11.0 Å². The molecule has 0 saturated heterocycles. The van der Waals surface area contributed by atoms with Crippen LogP contribution < -0.4 is 10.3 Å². The van der Waals surface area contributed by atoms with Crippen LogP contribution in [0.4, 0.5) is 18.9 Å². The van der Waals surface area contributed by atoms with Crippen LogP contribution in [0.1, 0.15) is 5.56 Å². The van der Waals surface area contributed by atoms with Gasteiger partial charge in [-0.25, -0.2) is 0 Å². The highest BCUT2D eigenvalue weighted by Crippen LogP contribution is 2.33. The number of hydrogen-bond acceptors (Lipinski definition) is 4. The molecule has 10 heteroatoms. The molecule has 1 rings (SSSR count). The molecule has 0 fully saturated rings. The van der Waals surface area contributed by atoms with Gasteiger partial charge in [0, 0.05) is 0 Å². The van der Waals surface area contributed by atoms with Crippen LogP contribution in [0.2, 0.25) is 0 Å². The van der Waals surface area contributed by atoms with E-state index in [0.29, 0.717) is 6.20 Å². The summed E-state index contributed by atoms with van der Waals surface area (Å²) >= 11 is 5.25. The number of nitrogens with one attached hydrogen (secondary N) is 1. The molecule has 0 saturated carbocycles. The predicted octanol–water partition coefficient (Wildman–Crippen LogP) is 1.92. The molecule has 0 aliphatic rings. The van der Waals surface area contributed by atoms with Gasteiger partial charge in [0.2, 0.25) is 5.75 Å². The molecule has 0 atom stereocenters. The third-order valence-corrected chi connectivity index (χ3v) is 1.94. The topological polar surface area (TPSA) is 85.2 Å². The molecule has 1 N–H and O–H groups in total. The van der Waals surface area contributed by atoms with Crippen molar-refractivity contribution in [2.45, 2.75) is 12.2 Å². The smallest absolute Gasteiger partial charge is 0.398 e. The average Bonchev–Trinajstić information content (AvgIpc) is 2.15. The zero-order valence-electron chi connectivity index (χ0n) is 7.88. The third kappa shape index (κ3) is 3.09. The van der Waals surface area contributed by atoms with E-state index in [-0.39, 0.29) is 0 Å². The fraction of sp³-hybridized carbons (Fsp3) is 0.286. The summed E-state index contributed by atoms with van der Waals surface area (Å²) in [5.41, 5.74) is -2.65. The molecule has 1 aromatic heterocycles. The number of halogens is 4. The van der Waals surface area contributed by atoms with Crippen molar-refractivity contribution in [2.24, 2.45) is 0 Å². The molecule has 0 amide bonds. The van der Waals surface area contributed by atoms with Gasteiger partial charge in [0.15, 0.2) is 0 Å². The standard InChI is InChI=1S/C7H4ClF3N2O4/c8-1-3-5(17-7(9,10)11)4(13(15)16)2-12-6(3)14/h2H,1H2,(H,12,14). The van der Waals surface area contributed by atoms with Gasteiger partial charge in [0.05, 0.1) is 22.6 Å². The van der Waals surface area contributed by atoms with Gasteiger partial charge in [-0.1, -0.05) is 0 Å². The summed E-state index contributed by atoms with van der Waals surface area (Å²) < 4.78 is 39.5. The van der Waals surface area contributed by atoms with Crippen molar-refractivity contribution < 1.29 is 22.8 Å². The summed E-state index contributed by atoms with van der Waals surface area (Å²) in [5, 5.41) is 10.5. The third-order valence-electron chi connectivity index (χ3n) is 1.67. The SMILES string of the molecule is O=c1[nH]cc([N+](=O)[O-])c(OC(F)(F)F)c1CCl. The van der Waals surface area contributed by atoms with Crippen molar-refractivity contribution >= 4 is 17.3 Å². The highest BCUT2D eigenvalue weighted by atomic mass is 35.5. The Labute approximate surface area is 96.1 Å². The fourth-order valence-corrected chi connectivity index (χ4v) is 1.27. The highest BCUT2D eigenvalue weighted by molar-refractivity contribution is 6.17. The maximum absolute atomic E-state index is 12.0. The van der Waals surface area contributed by atoms with E-state index >= 15 is 0 Å². The Balaban J connectivity index is 3.44. The molecule has 0 radical (unpaired) electrons. The summed E-state index contributed by atoms with van der Waals surface area (Å²) in [4.78, 5) is 22.4. The molecule has 94 valence electrons. The van der Waals surface area contributed by atoms with E-state index in [1.165, 1.54) is 0 Å². The normalized spacial score (nSPS) is 11.3. The number of ether oxygens (including phenoxy) is 1. The van der Waals surface area contributed by atoms with E-state index in [4.69, 9.17) is 11.6 Å². The maximum atomic E-state index is 12.0. The zero-order valence-corrected chi connectivity index (χ0v) is 8.63. The van der Waals surface area contributed by atoms with E-state index in [2.05, 4.69) is 4.74 Å². The number of hydrogen-bond donors (Lipinski definition) is 1. The zero-order chi connectivity index (χ0) is 13.2. The monoisotopic (exact) mass is 272 g/mol. The number of nitrogens with zero attached hydrogens (tertiary/aromatic N) is 1. The molecular weight excluding hydrogens is 269 g/mol. The second-order valence-corrected chi connectivity index (χ2v) is 3.02. The molecule has 0 aromatic carbocycles. The van der Waals surface area contributed by atoms with Crippen LogP contribution in [-0.2, 0) is 5.88 Å². The summed E-state index contributed by atoms with van der Waals surface area (Å²) in [6.45, 7) is 0. The summed E-state index contributed by atoms with van der Waals surface area (Å²) in [5.74, 6) is -1.84. The maximum Gasteiger partial charge on any atom is 0.573 e. The lowest BCUT2D eigenvalue weighted by molar-refractivity contribution is -0.389. The molecule has 0 bridgehead atoms. The summed E-state index contributed by atoms with van der Waals surface area (Å²) in [7, 11) is 0. The van der Waals surface area contributed by atoms with E-state index in [0.717, 1.165) is 0 Å². The molecule has 1 aromatic rings. The van der Waals surface area contributed by atoms with Gasteiger partial charge in [-0.05, 0) is 0 Å². The number of aromatic nitrogens is 1. The Morgan fingerprint density at radius 1 is 1.53 bits per heavy atom. The van der Waals surface area contributed by atoms with Crippen molar-refractivity contribution in [3.05, 3.63) is 32.2 Å². The van der Waals surface area contributed by atoms with Crippen molar-refractivity contribution in [3.8, 4) is 5.75 Å². The van der Waals surface area contributed by atoms with Crippen LogP contribution in [0.25, 0.3) is 0 Å². The number of nitro groups is 1. The molecule has 0 unspecified atom stereocenters. The first-order valence-corrected chi connectivity index (χ1v) is 4.50. The van der Waals surface area contributed by atoms with E-state index in [9.17, 15) is 28.1 Å². The minimum atomic E-state index is -5.15. The first kappa shape index (κ1) is 13.3. The van der Waals surface area contributed by atoms with Crippen LogP contribution in [0.5, 0.6) is 5.75 Å². The number of aromatic amines is 1. The minimum Gasteiger partial charge on any atom is -0.398 e. The lowest BCUT2D eigenvalue weighted by atomic mass is 10.2. The quantitative estimate of drug-likeness (QED) is 0.517. The van der Waals surface area contributed by atoms with Gasteiger partial charge in [0.1, 0.15) is 0 Å². The van der Waals surface area contributed by atoms with E-state index in [1.54, 1.807) is 0 Å². The Morgan fingerprint density at radius 2 is 2.12 bits per heavy atom. The minimum absolute atomic E-state index is 0.513. The van der Waals surface area contributed by atoms with Gasteiger partial charge < -0.3 is 9.72 Å². The van der Waals surface area contributed by atoms with Gasteiger partial charge in [-0.3, -0.25) is 14.9 Å². The van der Waals surface area contributed by atoms with Crippen molar-refractivity contribution in [2.75, 3.05) is 0 Å². The fourth-order valence-electron chi connectivity index (χ4n) is 1.03. The second kappa shape index (κ2) is 4.62. The predicted molar refractivity (Wildman–Crippen MR) is 50.0 cm³/mol. The lowest BCUT2D eigenvalue weighted by Crippen LogP contribution is -2.22. The average molecular weight is 273 g/mol. The molecule has 0 aliphatic carbocycles. The molecule has 0 spiro atoms. The Morgan fingerprint density at radius 3 is 2.53 bits per heavy atom. The van der Waals surface area contributed by atoms with Gasteiger partial charge in [-0.15, -0.1) is 24.8 Å². The number of rotatable bonds is 3. The van der Waals surface area contributed by atoms with Crippen LogP contribution in [0.3, 0.4) is 0 Å². The number of H-pyrrole nitrogens is 1. The van der Waals surface area contributed by atoms with Gasteiger partial charge >= 0.3 is 12.0 Å². The Hall–Kier alpha value is -1.77. The molecule has 17 heavy (non-hydrogen) atoms. The van der Waals surface area contributed by atoms with Crippen molar-refractivity contribution in [1.29, 1.82) is 0 Å². The van der Waals surface area contributed by atoms with Crippen LogP contribution in [-0.4, -0.2) is 16.3 Å². The first-order chi connectivity index (χ1) is 7.76. The number of pyridine rings is 1. The van der Waals surface area contributed by atoms with Crippen LogP contribution in [0, 0.1) is 10.1 Å². The Bertz CT molecular complexity index is 499. The Kier molecular flexibility index (Phi) is 3.61. The molecule has 1 heterocycles. The lowest BCUT2D eigenvalue weighted by Gasteiger charge is -2.11. The highest BCUT2D eigenvalue weighted by Gasteiger charge is 2.36. The van der Waals surface area contributed by atoms with Crippen molar-refractivity contribution in [1.82, 2.24) is 4.98 Å². The largest absolute Gasteiger partial charge is 0.573 e. The molecule has 0 aliphatic heterocycles. The van der Waals surface area contributed by atoms with Gasteiger partial charge in [0.25, 0.3) is 5.56 Å². The van der Waals surface area contributed by atoms with E-state index in [1.807, 2.05) is 4.98 Å². The first-order valence-electron chi connectivity index (χ1n) is 3.97.